The van der Waals surface area contributed by atoms with Crippen molar-refractivity contribution in [3.05, 3.63) is 71.3 Å². The Morgan fingerprint density at radius 2 is 1.63 bits per heavy atom. The molecule has 0 aromatic heterocycles. The minimum atomic E-state index is -1.07. The Hall–Kier alpha value is -3.61. The van der Waals surface area contributed by atoms with Gasteiger partial charge in [0.25, 0.3) is 0 Å². The Kier molecular flexibility index (Phi) is 8.62. The van der Waals surface area contributed by atoms with Gasteiger partial charge in [0.05, 0.1) is 20.1 Å². The molecule has 2 rings (SSSR count). The largest absolute Gasteiger partial charge is 0.497 e. The molecule has 1 amide bonds. The molecule has 7 nitrogen and oxygen atoms in total. The molecule has 0 radical (unpaired) electrons. The van der Waals surface area contributed by atoms with Crippen LogP contribution in [0.15, 0.2) is 54.6 Å². The zero-order valence-electron chi connectivity index (χ0n) is 17.0. The number of methoxy groups -OCH3 is 1. The summed E-state index contributed by atoms with van der Waals surface area (Å²) in [6.07, 6.45) is 3.04. The van der Waals surface area contributed by atoms with Crippen molar-refractivity contribution in [1.82, 2.24) is 4.90 Å². The molecular weight excluding hydrogens is 386 g/mol. The fourth-order valence-corrected chi connectivity index (χ4v) is 2.73. The van der Waals surface area contributed by atoms with Gasteiger partial charge < -0.3 is 19.5 Å². The van der Waals surface area contributed by atoms with Crippen molar-refractivity contribution in [3.63, 3.8) is 0 Å². The molecule has 0 atom stereocenters. The highest BCUT2D eigenvalue weighted by Crippen LogP contribution is 2.14. The van der Waals surface area contributed by atoms with Crippen LogP contribution in [0.5, 0.6) is 5.75 Å². The number of benzene rings is 2. The fourth-order valence-electron chi connectivity index (χ4n) is 2.73. The molecule has 0 saturated carbocycles. The molecule has 0 fully saturated rings. The first kappa shape index (κ1) is 22.7. The van der Waals surface area contributed by atoms with Crippen LogP contribution in [0.2, 0.25) is 0 Å². The van der Waals surface area contributed by atoms with Crippen molar-refractivity contribution in [3.8, 4) is 5.75 Å². The molecule has 0 heterocycles. The predicted octanol–water partition coefficient (Wildman–Crippen LogP) is 2.93. The number of aliphatic carboxylic acids is 1. The number of carboxylic acid groups (broad SMARTS) is 1. The van der Waals surface area contributed by atoms with Gasteiger partial charge in [-0.3, -0.25) is 9.59 Å². The van der Waals surface area contributed by atoms with Crippen LogP contribution < -0.4 is 4.74 Å². The second-order valence-corrected chi connectivity index (χ2v) is 6.50. The zero-order valence-corrected chi connectivity index (χ0v) is 17.0. The number of hydrogen-bond donors (Lipinski definition) is 1. The zero-order chi connectivity index (χ0) is 21.9. The Bertz CT molecular complexity index is 887. The van der Waals surface area contributed by atoms with Crippen LogP contribution in [0.1, 0.15) is 23.6 Å². The predicted molar refractivity (Wildman–Crippen MR) is 112 cm³/mol. The summed E-state index contributed by atoms with van der Waals surface area (Å²) < 4.78 is 9.94. The number of nitrogens with zero attached hydrogens (tertiary/aromatic N) is 1. The van der Waals surface area contributed by atoms with Gasteiger partial charge >= 0.3 is 11.9 Å². The smallest absolute Gasteiger partial charge is 0.330 e. The number of rotatable bonds is 10. The third kappa shape index (κ3) is 7.43. The summed E-state index contributed by atoms with van der Waals surface area (Å²) in [5.74, 6) is -1.09. The first-order chi connectivity index (χ1) is 14.4. The van der Waals surface area contributed by atoms with Gasteiger partial charge in [-0.05, 0) is 41.8 Å². The average Bonchev–Trinajstić information content (AvgIpc) is 2.73. The first-order valence-electron chi connectivity index (χ1n) is 9.47. The summed E-state index contributed by atoms with van der Waals surface area (Å²) in [7, 11) is 1.56. The summed E-state index contributed by atoms with van der Waals surface area (Å²) in [4.78, 5) is 36.6. The molecule has 0 aliphatic heterocycles. The molecule has 0 bridgehead atoms. The van der Waals surface area contributed by atoms with Crippen LogP contribution in [0, 0.1) is 0 Å². The van der Waals surface area contributed by atoms with Gasteiger partial charge in [0, 0.05) is 12.6 Å². The molecule has 7 heteroatoms. The second-order valence-electron chi connectivity index (χ2n) is 6.50. The third-order valence-corrected chi connectivity index (χ3v) is 4.24. The topological polar surface area (TPSA) is 93.1 Å². The monoisotopic (exact) mass is 411 g/mol. The van der Waals surface area contributed by atoms with Gasteiger partial charge in [0.1, 0.15) is 12.3 Å². The second kappa shape index (κ2) is 11.4. The van der Waals surface area contributed by atoms with E-state index in [0.717, 1.165) is 16.7 Å². The minimum absolute atomic E-state index is 0.0747. The van der Waals surface area contributed by atoms with Crippen molar-refractivity contribution in [2.24, 2.45) is 0 Å². The molecule has 1 N–H and O–H groups in total. The molecule has 30 heavy (non-hydrogen) atoms. The highest BCUT2D eigenvalue weighted by Gasteiger charge is 2.17. The lowest BCUT2D eigenvalue weighted by molar-refractivity contribution is -0.144. The van der Waals surface area contributed by atoms with Gasteiger partial charge in [-0.15, -0.1) is 0 Å². The van der Waals surface area contributed by atoms with Crippen LogP contribution >= 0.6 is 0 Å². The fraction of sp³-hybridized carbons (Fsp3) is 0.261. The maximum Gasteiger partial charge on any atom is 0.330 e. The number of ether oxygens (including phenoxy) is 2. The van der Waals surface area contributed by atoms with E-state index < -0.39 is 11.9 Å². The van der Waals surface area contributed by atoms with Crippen molar-refractivity contribution < 1.29 is 29.0 Å². The Morgan fingerprint density at radius 1 is 1.00 bits per heavy atom. The van der Waals surface area contributed by atoms with Crippen LogP contribution in [0.3, 0.4) is 0 Å². The lowest BCUT2D eigenvalue weighted by Crippen LogP contribution is -2.36. The van der Waals surface area contributed by atoms with E-state index in [4.69, 9.17) is 9.47 Å². The highest BCUT2D eigenvalue weighted by atomic mass is 16.5. The van der Waals surface area contributed by atoms with Crippen molar-refractivity contribution in [1.29, 1.82) is 0 Å². The first-order valence-corrected chi connectivity index (χ1v) is 9.47. The number of carbonyl (C=O) groups excluding carboxylic acids is 2. The molecular formula is C23H25NO6. The summed E-state index contributed by atoms with van der Waals surface area (Å²) in [6, 6.07) is 14.2. The summed E-state index contributed by atoms with van der Waals surface area (Å²) in [5, 5.41) is 9.18. The summed E-state index contributed by atoms with van der Waals surface area (Å²) in [6.45, 7) is 1.86. The molecule has 0 saturated heterocycles. The van der Waals surface area contributed by atoms with Crippen LogP contribution in [0.4, 0.5) is 0 Å². The van der Waals surface area contributed by atoms with E-state index >= 15 is 0 Å². The highest BCUT2D eigenvalue weighted by molar-refractivity contribution is 5.87. The van der Waals surface area contributed by atoms with Crippen LogP contribution in [0.25, 0.3) is 6.08 Å². The van der Waals surface area contributed by atoms with E-state index in [1.165, 1.54) is 11.0 Å². The molecule has 0 aliphatic carbocycles. The summed E-state index contributed by atoms with van der Waals surface area (Å²) >= 11 is 0. The van der Waals surface area contributed by atoms with Crippen molar-refractivity contribution in [2.45, 2.75) is 19.9 Å². The maximum atomic E-state index is 12.7. The van der Waals surface area contributed by atoms with Gasteiger partial charge in [0.2, 0.25) is 5.91 Å². The van der Waals surface area contributed by atoms with Gasteiger partial charge in [-0.1, -0.05) is 36.4 Å². The molecule has 2 aromatic carbocycles. The maximum absolute atomic E-state index is 12.7. The Labute approximate surface area is 175 Å². The van der Waals surface area contributed by atoms with E-state index in [9.17, 15) is 19.5 Å². The average molecular weight is 411 g/mol. The van der Waals surface area contributed by atoms with E-state index in [2.05, 4.69) is 0 Å². The van der Waals surface area contributed by atoms with Gasteiger partial charge in [-0.2, -0.15) is 0 Å². The standard InChI is InChI=1S/C23H25NO6/c1-3-30-23(28)13-10-17-4-6-18(7-5-17)14-21(25)24(16-22(26)27)15-19-8-11-20(29-2)12-9-19/h4-13H,3,14-16H2,1-2H3,(H,26,27)/b13-10-. The van der Waals surface area contributed by atoms with Crippen molar-refractivity contribution in [2.75, 3.05) is 20.3 Å². The lowest BCUT2D eigenvalue weighted by Gasteiger charge is -2.21. The number of carbonyl (C=O) groups is 3. The number of amides is 1. The SMILES string of the molecule is CCOC(=O)/C=C\c1ccc(CC(=O)N(CC(=O)O)Cc2ccc(OC)cc2)cc1. The van der Waals surface area contributed by atoms with Gasteiger partial charge in [-0.25, -0.2) is 4.79 Å². The molecule has 0 spiro atoms. The van der Waals surface area contributed by atoms with E-state index in [1.54, 1.807) is 68.6 Å². The normalized spacial score (nSPS) is 10.6. The van der Waals surface area contributed by atoms with E-state index in [1.807, 2.05) is 0 Å². The van der Waals surface area contributed by atoms with E-state index in [-0.39, 0.29) is 25.4 Å². The third-order valence-electron chi connectivity index (χ3n) is 4.24. The minimum Gasteiger partial charge on any atom is -0.497 e. The number of carboxylic acids is 1. The van der Waals surface area contributed by atoms with Crippen molar-refractivity contribution >= 4 is 23.9 Å². The quantitative estimate of drug-likeness (QED) is 0.477. The number of hydrogen-bond acceptors (Lipinski definition) is 5. The van der Waals surface area contributed by atoms with Crippen LogP contribution in [-0.2, 0) is 32.1 Å². The Morgan fingerprint density at radius 3 is 2.20 bits per heavy atom. The lowest BCUT2D eigenvalue weighted by atomic mass is 10.1. The van der Waals surface area contributed by atoms with Crippen LogP contribution in [-0.4, -0.2) is 48.1 Å². The number of esters is 1. The van der Waals surface area contributed by atoms with Gasteiger partial charge in [0.15, 0.2) is 0 Å². The molecule has 158 valence electrons. The molecule has 0 unspecified atom stereocenters. The summed E-state index contributed by atoms with van der Waals surface area (Å²) in [5.41, 5.74) is 2.35. The Balaban J connectivity index is 2.03. The molecule has 0 aliphatic rings. The van der Waals surface area contributed by atoms with E-state index in [0.29, 0.717) is 12.4 Å². The molecule has 2 aromatic rings.